The fourth-order valence-corrected chi connectivity index (χ4v) is 2.27. The average molecular weight is 146 g/mol. The van der Waals surface area contributed by atoms with Gasteiger partial charge in [-0.2, -0.15) is 0 Å². The summed E-state index contributed by atoms with van der Waals surface area (Å²) >= 11 is 1.90. The maximum atomic E-state index is 5.54. The van der Waals surface area contributed by atoms with Crippen LogP contribution in [-0.2, 0) is 4.74 Å². The highest BCUT2D eigenvalue weighted by molar-refractivity contribution is 7.99. The van der Waals surface area contributed by atoms with Crippen LogP contribution in [0.2, 0.25) is 0 Å². The molecule has 0 spiro atoms. The van der Waals surface area contributed by atoms with E-state index in [1.807, 2.05) is 11.8 Å². The van der Waals surface area contributed by atoms with E-state index in [1.165, 1.54) is 18.6 Å². The first-order chi connectivity index (χ1) is 4.27. The lowest BCUT2D eigenvalue weighted by atomic mass is 10.0. The van der Waals surface area contributed by atoms with E-state index in [9.17, 15) is 0 Å². The topological polar surface area (TPSA) is 9.23 Å². The Kier molecular flexibility index (Phi) is 2.42. The first-order valence-electron chi connectivity index (χ1n) is 3.48. The van der Waals surface area contributed by atoms with E-state index >= 15 is 0 Å². The van der Waals surface area contributed by atoms with Crippen LogP contribution in [0.4, 0.5) is 0 Å². The highest BCUT2D eigenvalue weighted by Gasteiger charge is 2.28. The fourth-order valence-electron chi connectivity index (χ4n) is 1.16. The normalized spacial score (nSPS) is 35.3. The van der Waals surface area contributed by atoms with Gasteiger partial charge in [0.1, 0.15) is 0 Å². The largest absolute Gasteiger partial charge is 0.364 e. The lowest BCUT2D eigenvalue weighted by molar-refractivity contribution is 0.0233. The van der Waals surface area contributed by atoms with Crippen LogP contribution >= 0.6 is 11.8 Å². The van der Waals surface area contributed by atoms with E-state index in [1.54, 1.807) is 0 Å². The van der Waals surface area contributed by atoms with Crippen molar-refractivity contribution in [2.45, 2.75) is 32.3 Å². The van der Waals surface area contributed by atoms with Crippen LogP contribution in [0.3, 0.4) is 0 Å². The number of hydrogen-bond donors (Lipinski definition) is 0. The molecule has 2 heteroatoms. The molecule has 1 aliphatic heterocycles. The first kappa shape index (κ1) is 7.42. The maximum Gasteiger partial charge on any atom is 0.0929 e. The molecule has 0 aliphatic carbocycles. The van der Waals surface area contributed by atoms with Crippen LogP contribution in [0, 0.1) is 0 Å². The molecule has 1 unspecified atom stereocenters. The van der Waals surface area contributed by atoms with Gasteiger partial charge in [0.15, 0.2) is 0 Å². The molecule has 1 fully saturated rings. The Bertz CT molecular complexity index is 86.9. The van der Waals surface area contributed by atoms with Gasteiger partial charge in [-0.25, -0.2) is 0 Å². The zero-order valence-electron chi connectivity index (χ0n) is 6.14. The van der Waals surface area contributed by atoms with Gasteiger partial charge in [-0.15, -0.1) is 11.8 Å². The lowest BCUT2D eigenvalue weighted by Gasteiger charge is -2.20. The number of ether oxygens (including phenoxy) is 1. The summed E-state index contributed by atoms with van der Waals surface area (Å²) in [6.45, 7) is 4.41. The molecule has 0 aromatic heterocycles. The van der Waals surface area contributed by atoms with E-state index in [0.29, 0.717) is 0 Å². The molecule has 0 radical (unpaired) electrons. The van der Waals surface area contributed by atoms with Crippen LogP contribution in [-0.4, -0.2) is 17.3 Å². The van der Waals surface area contributed by atoms with Crippen molar-refractivity contribution in [2.75, 3.05) is 11.7 Å². The highest BCUT2D eigenvalue weighted by atomic mass is 32.2. The number of hydrogen-bond acceptors (Lipinski definition) is 2. The Hall–Kier alpha value is 0.310. The second-order valence-electron chi connectivity index (χ2n) is 2.81. The Morgan fingerprint density at radius 3 is 2.89 bits per heavy atom. The van der Waals surface area contributed by atoms with Crippen molar-refractivity contribution >= 4 is 11.8 Å². The number of rotatable bonds is 2. The van der Waals surface area contributed by atoms with E-state index in [0.717, 1.165) is 5.94 Å². The molecule has 9 heavy (non-hydrogen) atoms. The van der Waals surface area contributed by atoms with Gasteiger partial charge in [-0.1, -0.05) is 13.3 Å². The average Bonchev–Trinajstić information content (AvgIpc) is 2.16. The van der Waals surface area contributed by atoms with Crippen molar-refractivity contribution < 1.29 is 4.74 Å². The molecular formula is C7H14OS. The minimum atomic E-state index is 0.208. The summed E-state index contributed by atoms with van der Waals surface area (Å²) in [6, 6.07) is 0. The number of thioether (sulfide) groups is 1. The minimum absolute atomic E-state index is 0.208. The van der Waals surface area contributed by atoms with Crippen molar-refractivity contribution in [3.8, 4) is 0 Å². The van der Waals surface area contributed by atoms with Crippen LogP contribution in [0.25, 0.3) is 0 Å². The Labute approximate surface area is 61.2 Å². The second kappa shape index (κ2) is 2.93. The minimum Gasteiger partial charge on any atom is -0.364 e. The van der Waals surface area contributed by atoms with Crippen LogP contribution in [0.1, 0.15) is 26.7 Å². The van der Waals surface area contributed by atoms with E-state index in [2.05, 4.69) is 13.8 Å². The molecule has 1 atom stereocenters. The summed E-state index contributed by atoms with van der Waals surface area (Å²) < 4.78 is 5.54. The van der Waals surface area contributed by atoms with E-state index in [-0.39, 0.29) is 5.60 Å². The molecule has 0 N–H and O–H groups in total. The van der Waals surface area contributed by atoms with Gasteiger partial charge in [-0.3, -0.25) is 0 Å². The van der Waals surface area contributed by atoms with Crippen molar-refractivity contribution in [3.63, 3.8) is 0 Å². The van der Waals surface area contributed by atoms with Gasteiger partial charge >= 0.3 is 0 Å². The molecule has 54 valence electrons. The van der Waals surface area contributed by atoms with Gasteiger partial charge < -0.3 is 4.74 Å². The third kappa shape index (κ3) is 1.87. The van der Waals surface area contributed by atoms with Gasteiger partial charge in [0.05, 0.1) is 11.5 Å². The molecule has 1 nitrogen and oxygen atoms in total. The molecule has 0 aromatic rings. The van der Waals surface area contributed by atoms with Crippen LogP contribution < -0.4 is 0 Å². The monoisotopic (exact) mass is 146 g/mol. The van der Waals surface area contributed by atoms with E-state index < -0.39 is 0 Å². The Balaban J connectivity index is 2.32. The maximum absolute atomic E-state index is 5.54. The predicted molar refractivity (Wildman–Crippen MR) is 41.7 cm³/mol. The van der Waals surface area contributed by atoms with Gasteiger partial charge in [-0.05, 0) is 13.3 Å². The molecule has 1 heterocycles. The summed E-state index contributed by atoms with van der Waals surface area (Å²) in [5.41, 5.74) is 0.208. The van der Waals surface area contributed by atoms with Gasteiger partial charge in [0.25, 0.3) is 0 Å². The van der Waals surface area contributed by atoms with Crippen molar-refractivity contribution in [3.05, 3.63) is 0 Å². The summed E-state index contributed by atoms with van der Waals surface area (Å²) in [6.07, 6.45) is 2.44. The summed E-state index contributed by atoms with van der Waals surface area (Å²) in [7, 11) is 0. The molecule has 1 aliphatic rings. The second-order valence-corrected chi connectivity index (χ2v) is 3.74. The first-order valence-corrected chi connectivity index (χ1v) is 4.64. The van der Waals surface area contributed by atoms with Crippen molar-refractivity contribution in [1.82, 2.24) is 0 Å². The molecule has 0 bridgehead atoms. The highest BCUT2D eigenvalue weighted by Crippen LogP contribution is 2.30. The zero-order valence-corrected chi connectivity index (χ0v) is 6.96. The van der Waals surface area contributed by atoms with Crippen molar-refractivity contribution in [1.29, 1.82) is 0 Å². The standard InChI is InChI=1S/C7H14OS/c1-3-4-7(2)5-9-6-8-7/h3-6H2,1-2H3. The molecule has 0 aromatic carbocycles. The van der Waals surface area contributed by atoms with Gasteiger partial charge in [0.2, 0.25) is 0 Å². The summed E-state index contributed by atoms with van der Waals surface area (Å²) in [5.74, 6) is 2.08. The lowest BCUT2D eigenvalue weighted by Crippen LogP contribution is -2.25. The summed E-state index contributed by atoms with van der Waals surface area (Å²) in [4.78, 5) is 0. The summed E-state index contributed by atoms with van der Waals surface area (Å²) in [5, 5.41) is 0. The predicted octanol–water partition coefficient (Wildman–Crippen LogP) is 2.27. The zero-order chi connectivity index (χ0) is 6.74. The third-order valence-electron chi connectivity index (χ3n) is 1.68. The van der Waals surface area contributed by atoms with E-state index in [4.69, 9.17) is 4.74 Å². The Morgan fingerprint density at radius 1 is 1.67 bits per heavy atom. The molecule has 0 saturated carbocycles. The third-order valence-corrected chi connectivity index (χ3v) is 2.78. The quantitative estimate of drug-likeness (QED) is 0.591. The fraction of sp³-hybridized carbons (Fsp3) is 1.00. The molecular weight excluding hydrogens is 132 g/mol. The van der Waals surface area contributed by atoms with Gasteiger partial charge in [0, 0.05) is 5.75 Å². The van der Waals surface area contributed by atoms with Crippen molar-refractivity contribution in [2.24, 2.45) is 0 Å². The smallest absolute Gasteiger partial charge is 0.0929 e. The molecule has 1 saturated heterocycles. The Morgan fingerprint density at radius 2 is 2.44 bits per heavy atom. The van der Waals surface area contributed by atoms with Crippen LogP contribution in [0.15, 0.2) is 0 Å². The molecule has 1 rings (SSSR count). The SMILES string of the molecule is CCCC1(C)CSCO1. The molecule has 0 amide bonds. The van der Waals surface area contributed by atoms with Crippen LogP contribution in [0.5, 0.6) is 0 Å².